The second-order valence-corrected chi connectivity index (χ2v) is 6.53. The van der Waals surface area contributed by atoms with E-state index in [-0.39, 0.29) is 26.9 Å². The summed E-state index contributed by atoms with van der Waals surface area (Å²) in [4.78, 5) is 22.3. The van der Waals surface area contributed by atoms with Crippen LogP contribution in [-0.4, -0.2) is 28.4 Å². The van der Waals surface area contributed by atoms with Crippen molar-refractivity contribution in [1.29, 1.82) is 0 Å². The van der Waals surface area contributed by atoms with Crippen LogP contribution in [0.1, 0.15) is 29.6 Å². The standard InChI is InChI=1S/C13H15ClN2O3S/c1-20-13(5-2-6-13)8-15-12(17)10-7-9(16(18)19)3-4-11(10)14/h3-4,7H,2,5-6,8H2,1H3,(H,15,17). The summed E-state index contributed by atoms with van der Waals surface area (Å²) in [5.41, 5.74) is 0.0132. The summed E-state index contributed by atoms with van der Waals surface area (Å²) < 4.78 is 0.114. The molecule has 1 aliphatic carbocycles. The van der Waals surface area contributed by atoms with E-state index in [1.165, 1.54) is 24.6 Å². The Morgan fingerprint density at radius 2 is 2.25 bits per heavy atom. The van der Waals surface area contributed by atoms with E-state index in [1.54, 1.807) is 11.8 Å². The first-order valence-corrected chi connectivity index (χ1v) is 7.85. The van der Waals surface area contributed by atoms with Crippen LogP contribution >= 0.6 is 23.4 Å². The monoisotopic (exact) mass is 314 g/mol. The Morgan fingerprint density at radius 3 is 2.75 bits per heavy atom. The molecule has 0 aromatic heterocycles. The van der Waals surface area contributed by atoms with Crippen LogP contribution < -0.4 is 5.32 Å². The lowest BCUT2D eigenvalue weighted by molar-refractivity contribution is -0.384. The normalized spacial score (nSPS) is 16.3. The first-order valence-electron chi connectivity index (χ1n) is 6.25. The zero-order chi connectivity index (χ0) is 14.8. The fraction of sp³-hybridized carbons (Fsp3) is 0.462. The molecule has 1 N–H and O–H groups in total. The summed E-state index contributed by atoms with van der Waals surface area (Å²) in [5.74, 6) is -0.362. The van der Waals surface area contributed by atoms with Crippen LogP contribution in [0.15, 0.2) is 18.2 Å². The third-order valence-corrected chi connectivity index (χ3v) is 5.42. The minimum absolute atomic E-state index is 0.114. The minimum atomic E-state index is -0.539. The molecule has 0 radical (unpaired) electrons. The SMILES string of the molecule is CSC1(CNC(=O)c2cc([N+](=O)[O-])ccc2Cl)CCC1. The number of carbonyl (C=O) groups is 1. The van der Waals surface area contributed by atoms with Gasteiger partial charge in [0.1, 0.15) is 0 Å². The number of carbonyl (C=O) groups excluding carboxylic acids is 1. The number of halogens is 1. The molecule has 20 heavy (non-hydrogen) atoms. The van der Waals surface area contributed by atoms with E-state index in [2.05, 4.69) is 5.32 Å². The smallest absolute Gasteiger partial charge is 0.270 e. The molecule has 108 valence electrons. The van der Waals surface area contributed by atoms with Crippen molar-refractivity contribution in [3.8, 4) is 0 Å². The molecule has 1 aromatic carbocycles. The largest absolute Gasteiger partial charge is 0.351 e. The third-order valence-electron chi connectivity index (χ3n) is 3.67. The molecule has 0 spiro atoms. The predicted molar refractivity (Wildman–Crippen MR) is 80.5 cm³/mol. The summed E-state index contributed by atoms with van der Waals surface area (Å²) >= 11 is 7.69. The molecule has 1 saturated carbocycles. The molecule has 0 bridgehead atoms. The maximum absolute atomic E-state index is 12.1. The maximum atomic E-state index is 12.1. The quantitative estimate of drug-likeness (QED) is 0.669. The van der Waals surface area contributed by atoms with Gasteiger partial charge in [0.2, 0.25) is 0 Å². The van der Waals surface area contributed by atoms with Gasteiger partial charge in [-0.2, -0.15) is 11.8 Å². The van der Waals surface area contributed by atoms with Gasteiger partial charge < -0.3 is 5.32 Å². The van der Waals surface area contributed by atoms with Crippen LogP contribution in [0.4, 0.5) is 5.69 Å². The average Bonchev–Trinajstić information content (AvgIpc) is 2.38. The Bertz CT molecular complexity index is 541. The Morgan fingerprint density at radius 1 is 1.55 bits per heavy atom. The maximum Gasteiger partial charge on any atom is 0.270 e. The number of hydrogen-bond donors (Lipinski definition) is 1. The molecule has 1 amide bonds. The van der Waals surface area contributed by atoms with Crippen molar-refractivity contribution in [1.82, 2.24) is 5.32 Å². The number of hydrogen-bond acceptors (Lipinski definition) is 4. The molecule has 5 nitrogen and oxygen atoms in total. The Balaban J connectivity index is 2.09. The molecule has 7 heteroatoms. The van der Waals surface area contributed by atoms with Crippen molar-refractivity contribution in [2.75, 3.05) is 12.8 Å². The van der Waals surface area contributed by atoms with Gasteiger partial charge in [0.15, 0.2) is 0 Å². The molecule has 1 aromatic rings. The van der Waals surface area contributed by atoms with Crippen LogP contribution in [0.5, 0.6) is 0 Å². The zero-order valence-corrected chi connectivity index (χ0v) is 12.6. The Kier molecular flexibility index (Phi) is 4.55. The van der Waals surface area contributed by atoms with Crippen LogP contribution in [0.25, 0.3) is 0 Å². The van der Waals surface area contributed by atoms with Gasteiger partial charge in [-0.05, 0) is 25.2 Å². The van der Waals surface area contributed by atoms with Crippen molar-refractivity contribution in [3.63, 3.8) is 0 Å². The molecular weight excluding hydrogens is 300 g/mol. The van der Waals surface area contributed by atoms with Crippen LogP contribution in [0, 0.1) is 10.1 Å². The summed E-state index contributed by atoms with van der Waals surface area (Å²) in [6, 6.07) is 3.88. The van der Waals surface area contributed by atoms with Gasteiger partial charge in [0.05, 0.1) is 15.5 Å². The van der Waals surface area contributed by atoms with Crippen molar-refractivity contribution >= 4 is 35.0 Å². The van der Waals surface area contributed by atoms with Gasteiger partial charge in [0, 0.05) is 23.4 Å². The lowest BCUT2D eigenvalue weighted by Crippen LogP contribution is -2.45. The minimum Gasteiger partial charge on any atom is -0.351 e. The van der Waals surface area contributed by atoms with E-state index in [4.69, 9.17) is 11.6 Å². The van der Waals surface area contributed by atoms with E-state index < -0.39 is 4.92 Å². The summed E-state index contributed by atoms with van der Waals surface area (Å²) in [6.07, 6.45) is 5.37. The van der Waals surface area contributed by atoms with Gasteiger partial charge in [0.25, 0.3) is 11.6 Å². The van der Waals surface area contributed by atoms with Crippen molar-refractivity contribution in [2.24, 2.45) is 0 Å². The number of nitrogens with one attached hydrogen (secondary N) is 1. The highest BCUT2D eigenvalue weighted by Gasteiger charge is 2.36. The number of nitrogens with zero attached hydrogens (tertiary/aromatic N) is 1. The van der Waals surface area contributed by atoms with Gasteiger partial charge in [-0.15, -0.1) is 0 Å². The second kappa shape index (κ2) is 6.01. The topological polar surface area (TPSA) is 72.2 Å². The van der Waals surface area contributed by atoms with Crippen LogP contribution in [0.3, 0.4) is 0 Å². The van der Waals surface area contributed by atoms with E-state index in [9.17, 15) is 14.9 Å². The molecule has 0 aliphatic heterocycles. The molecule has 1 fully saturated rings. The number of thioether (sulfide) groups is 1. The number of nitro groups is 1. The Hall–Kier alpha value is -1.27. The first kappa shape index (κ1) is 15.1. The zero-order valence-electron chi connectivity index (χ0n) is 11.0. The molecule has 0 unspecified atom stereocenters. The lowest BCUT2D eigenvalue weighted by atomic mass is 9.84. The second-order valence-electron chi connectivity index (χ2n) is 4.84. The van der Waals surface area contributed by atoms with Gasteiger partial charge in [-0.3, -0.25) is 14.9 Å². The van der Waals surface area contributed by atoms with E-state index in [0.717, 1.165) is 12.8 Å². The number of non-ortho nitro benzene ring substituents is 1. The van der Waals surface area contributed by atoms with Crippen LogP contribution in [-0.2, 0) is 0 Å². The highest BCUT2D eigenvalue weighted by Crippen LogP contribution is 2.42. The van der Waals surface area contributed by atoms with Crippen molar-refractivity contribution in [3.05, 3.63) is 38.9 Å². The van der Waals surface area contributed by atoms with Crippen molar-refractivity contribution in [2.45, 2.75) is 24.0 Å². The number of rotatable bonds is 5. The van der Waals surface area contributed by atoms with Gasteiger partial charge in [-0.25, -0.2) is 0 Å². The third kappa shape index (κ3) is 3.07. The Labute approximate surface area is 126 Å². The number of benzene rings is 1. The first-order chi connectivity index (χ1) is 9.47. The summed E-state index contributed by atoms with van der Waals surface area (Å²) in [5, 5.41) is 13.8. The van der Waals surface area contributed by atoms with E-state index in [0.29, 0.717) is 6.54 Å². The molecular formula is C13H15ClN2O3S. The van der Waals surface area contributed by atoms with E-state index >= 15 is 0 Å². The van der Waals surface area contributed by atoms with E-state index in [1.807, 2.05) is 6.26 Å². The van der Waals surface area contributed by atoms with Crippen LogP contribution in [0.2, 0.25) is 5.02 Å². The predicted octanol–water partition coefficient (Wildman–Crippen LogP) is 3.26. The van der Waals surface area contributed by atoms with Gasteiger partial charge >= 0.3 is 0 Å². The molecule has 0 heterocycles. The molecule has 1 aliphatic rings. The molecule has 2 rings (SSSR count). The number of amides is 1. The fourth-order valence-corrected chi connectivity index (χ4v) is 3.28. The fourth-order valence-electron chi connectivity index (χ4n) is 2.16. The van der Waals surface area contributed by atoms with Crippen molar-refractivity contribution < 1.29 is 9.72 Å². The van der Waals surface area contributed by atoms with Gasteiger partial charge in [-0.1, -0.05) is 18.0 Å². The summed E-state index contributed by atoms with van der Waals surface area (Å²) in [6.45, 7) is 0.562. The number of nitro benzene ring substituents is 1. The molecule has 0 atom stereocenters. The highest BCUT2D eigenvalue weighted by molar-refractivity contribution is 8.00. The highest BCUT2D eigenvalue weighted by atomic mass is 35.5. The average molecular weight is 315 g/mol. The molecule has 0 saturated heterocycles. The lowest BCUT2D eigenvalue weighted by Gasteiger charge is -2.40. The summed E-state index contributed by atoms with van der Waals surface area (Å²) in [7, 11) is 0.